The van der Waals surface area contributed by atoms with E-state index in [1.54, 1.807) is 11.1 Å². The van der Waals surface area contributed by atoms with Gasteiger partial charge in [0.05, 0.1) is 11.9 Å². The number of nitrogen functional groups attached to an aromatic ring is 1. The molecule has 3 heterocycles. The van der Waals surface area contributed by atoms with Crippen molar-refractivity contribution in [2.24, 2.45) is 0 Å². The molecule has 1 amide bonds. The van der Waals surface area contributed by atoms with Crippen molar-refractivity contribution < 1.29 is 14.3 Å². The van der Waals surface area contributed by atoms with Crippen molar-refractivity contribution in [3.63, 3.8) is 0 Å². The van der Waals surface area contributed by atoms with Crippen LogP contribution in [0.1, 0.15) is 53.4 Å². The van der Waals surface area contributed by atoms with E-state index in [-0.39, 0.29) is 17.7 Å². The largest absolute Gasteiger partial charge is 0.444 e. The van der Waals surface area contributed by atoms with Crippen LogP contribution in [0.2, 0.25) is 0 Å². The zero-order chi connectivity index (χ0) is 21.1. The number of hydrogen-bond acceptors (Lipinski definition) is 8. The van der Waals surface area contributed by atoms with Crippen molar-refractivity contribution in [1.82, 2.24) is 14.9 Å². The van der Waals surface area contributed by atoms with Crippen molar-refractivity contribution >= 4 is 23.5 Å². The molecule has 1 aromatic rings. The summed E-state index contributed by atoms with van der Waals surface area (Å²) in [5.74, 6) is 1.20. The normalized spacial score (nSPS) is 20.2. The third-order valence-electron chi connectivity index (χ3n) is 5.31. The Balaban J connectivity index is 1.56. The predicted octanol–water partition coefficient (Wildman–Crippen LogP) is 2.85. The van der Waals surface area contributed by atoms with E-state index in [0.29, 0.717) is 30.5 Å². The number of nitrogens with zero attached hydrogens (tertiary/aromatic N) is 3. The van der Waals surface area contributed by atoms with Gasteiger partial charge in [0, 0.05) is 37.9 Å². The molecule has 9 nitrogen and oxygen atoms in total. The highest BCUT2D eigenvalue weighted by Gasteiger charge is 2.29. The van der Waals surface area contributed by atoms with Gasteiger partial charge in [0.1, 0.15) is 5.60 Å². The van der Waals surface area contributed by atoms with Gasteiger partial charge in [-0.3, -0.25) is 0 Å². The molecule has 0 spiro atoms. The first-order valence-electron chi connectivity index (χ1n) is 10.4. The van der Waals surface area contributed by atoms with Gasteiger partial charge in [-0.15, -0.1) is 0 Å². The number of anilines is 3. The highest BCUT2D eigenvalue weighted by Crippen LogP contribution is 2.26. The van der Waals surface area contributed by atoms with Gasteiger partial charge in [-0.25, -0.2) is 9.78 Å². The lowest BCUT2D eigenvalue weighted by molar-refractivity contribution is 0.0210. The van der Waals surface area contributed by atoms with Crippen molar-refractivity contribution in [2.75, 3.05) is 42.7 Å². The summed E-state index contributed by atoms with van der Waals surface area (Å²) in [4.78, 5) is 22.9. The Bertz CT molecular complexity index is 707. The molecule has 9 heteroatoms. The number of nitrogens with two attached hydrogens (primary N) is 1. The van der Waals surface area contributed by atoms with E-state index in [4.69, 9.17) is 15.2 Å². The van der Waals surface area contributed by atoms with Gasteiger partial charge >= 0.3 is 6.09 Å². The monoisotopic (exact) mass is 406 g/mol. The molecule has 1 aromatic heterocycles. The molecule has 2 saturated heterocycles. The third kappa shape index (κ3) is 6.09. The van der Waals surface area contributed by atoms with Crippen molar-refractivity contribution in [3.8, 4) is 0 Å². The van der Waals surface area contributed by atoms with Gasteiger partial charge in [-0.2, -0.15) is 4.98 Å². The number of rotatable bonds is 4. The Labute approximate surface area is 172 Å². The molecule has 2 aliphatic heterocycles. The number of amides is 1. The lowest BCUT2D eigenvalue weighted by Crippen LogP contribution is -2.44. The quantitative estimate of drug-likeness (QED) is 0.699. The van der Waals surface area contributed by atoms with Gasteiger partial charge in [0.15, 0.2) is 5.82 Å². The SMILES string of the molecule is CC1(Nc2ncc(N)c(NC3CCN(C(=O)OC(C)(C)C)CC3)n2)CCOCC1. The number of hydrogen-bond donors (Lipinski definition) is 3. The van der Waals surface area contributed by atoms with Gasteiger partial charge < -0.3 is 30.7 Å². The van der Waals surface area contributed by atoms with Crippen LogP contribution in [-0.4, -0.2) is 64.4 Å². The number of aromatic nitrogens is 2. The van der Waals surface area contributed by atoms with Crippen LogP contribution in [0.4, 0.5) is 22.2 Å². The number of likely N-dealkylation sites (tertiary alicyclic amines) is 1. The van der Waals surface area contributed by atoms with Crippen LogP contribution in [0.3, 0.4) is 0 Å². The van der Waals surface area contributed by atoms with Crippen LogP contribution in [-0.2, 0) is 9.47 Å². The van der Waals surface area contributed by atoms with E-state index in [2.05, 4.69) is 27.5 Å². The molecule has 0 bridgehead atoms. The van der Waals surface area contributed by atoms with Crippen molar-refractivity contribution in [1.29, 1.82) is 0 Å². The van der Waals surface area contributed by atoms with E-state index in [1.807, 2.05) is 20.8 Å². The summed E-state index contributed by atoms with van der Waals surface area (Å²) in [7, 11) is 0. The molecule has 0 radical (unpaired) electrons. The van der Waals surface area contributed by atoms with E-state index in [1.165, 1.54) is 0 Å². The molecule has 0 aromatic carbocycles. The minimum absolute atomic E-state index is 0.0790. The average Bonchev–Trinajstić information content (AvgIpc) is 2.64. The maximum absolute atomic E-state index is 12.2. The fourth-order valence-corrected chi connectivity index (χ4v) is 3.51. The van der Waals surface area contributed by atoms with Crippen LogP contribution >= 0.6 is 0 Å². The van der Waals surface area contributed by atoms with Crippen LogP contribution in [0.5, 0.6) is 0 Å². The Morgan fingerprint density at radius 2 is 1.97 bits per heavy atom. The highest BCUT2D eigenvalue weighted by atomic mass is 16.6. The molecule has 3 rings (SSSR count). The second-order valence-corrected chi connectivity index (χ2v) is 9.18. The Kier molecular flexibility index (Phi) is 6.36. The number of nitrogens with one attached hydrogen (secondary N) is 2. The zero-order valence-electron chi connectivity index (χ0n) is 18.0. The zero-order valence-corrected chi connectivity index (χ0v) is 18.0. The maximum atomic E-state index is 12.2. The number of piperidine rings is 1. The first kappa shape index (κ1) is 21.4. The second kappa shape index (κ2) is 8.61. The summed E-state index contributed by atoms with van der Waals surface area (Å²) in [5.41, 5.74) is 6.05. The minimum atomic E-state index is -0.480. The summed E-state index contributed by atoms with van der Waals surface area (Å²) >= 11 is 0. The van der Waals surface area contributed by atoms with E-state index >= 15 is 0 Å². The van der Waals surface area contributed by atoms with Crippen LogP contribution < -0.4 is 16.4 Å². The molecule has 2 aliphatic rings. The molecule has 2 fully saturated rings. The molecule has 0 aliphatic carbocycles. The summed E-state index contributed by atoms with van der Waals surface area (Å²) in [6.45, 7) is 10.5. The molecular weight excluding hydrogens is 372 g/mol. The molecule has 162 valence electrons. The lowest BCUT2D eigenvalue weighted by Gasteiger charge is -2.35. The van der Waals surface area contributed by atoms with Gasteiger partial charge in [0.2, 0.25) is 5.95 Å². The van der Waals surface area contributed by atoms with Crippen molar-refractivity contribution in [3.05, 3.63) is 6.20 Å². The topological polar surface area (TPSA) is 115 Å². The summed E-state index contributed by atoms with van der Waals surface area (Å²) in [5, 5.41) is 6.87. The molecule has 29 heavy (non-hydrogen) atoms. The van der Waals surface area contributed by atoms with Crippen LogP contribution in [0, 0.1) is 0 Å². The summed E-state index contributed by atoms with van der Waals surface area (Å²) in [6.07, 6.45) is 4.81. The number of ether oxygens (including phenoxy) is 2. The van der Waals surface area contributed by atoms with Gasteiger partial charge in [-0.1, -0.05) is 0 Å². The smallest absolute Gasteiger partial charge is 0.410 e. The maximum Gasteiger partial charge on any atom is 0.410 e. The number of carbonyl (C=O) groups excluding carboxylic acids is 1. The van der Waals surface area contributed by atoms with Gasteiger partial charge in [0.25, 0.3) is 0 Å². The fraction of sp³-hybridized carbons (Fsp3) is 0.750. The standard InChI is InChI=1S/C20H34N6O3/c1-19(2,3)29-18(27)26-9-5-14(6-10-26)23-16-15(21)13-22-17(24-16)25-20(4)7-11-28-12-8-20/h13-14H,5-12,21H2,1-4H3,(H2,22,23,24,25). The van der Waals surface area contributed by atoms with E-state index < -0.39 is 5.60 Å². The highest BCUT2D eigenvalue weighted by molar-refractivity contribution is 5.68. The Morgan fingerprint density at radius 1 is 1.31 bits per heavy atom. The Morgan fingerprint density at radius 3 is 2.59 bits per heavy atom. The Hall–Kier alpha value is -2.29. The summed E-state index contributed by atoms with van der Waals surface area (Å²) < 4.78 is 10.9. The predicted molar refractivity (Wildman–Crippen MR) is 113 cm³/mol. The van der Waals surface area contributed by atoms with E-state index in [0.717, 1.165) is 38.9 Å². The first-order valence-corrected chi connectivity index (χ1v) is 10.4. The van der Waals surface area contributed by atoms with Crippen LogP contribution in [0.15, 0.2) is 6.20 Å². The van der Waals surface area contributed by atoms with Crippen molar-refractivity contribution in [2.45, 2.75) is 70.6 Å². The fourth-order valence-electron chi connectivity index (χ4n) is 3.51. The average molecular weight is 407 g/mol. The number of carbonyl (C=O) groups is 1. The molecule has 0 atom stereocenters. The molecule has 4 N–H and O–H groups in total. The van der Waals surface area contributed by atoms with Crippen LogP contribution in [0.25, 0.3) is 0 Å². The van der Waals surface area contributed by atoms with E-state index in [9.17, 15) is 4.79 Å². The second-order valence-electron chi connectivity index (χ2n) is 9.18. The molecule has 0 saturated carbocycles. The minimum Gasteiger partial charge on any atom is -0.444 e. The molecule has 0 unspecified atom stereocenters. The molecular formula is C20H34N6O3. The summed E-state index contributed by atoms with van der Waals surface area (Å²) in [6, 6.07) is 0.192. The lowest BCUT2D eigenvalue weighted by atomic mass is 9.93. The third-order valence-corrected chi connectivity index (χ3v) is 5.31. The van der Waals surface area contributed by atoms with Gasteiger partial charge in [-0.05, 0) is 53.4 Å². The first-order chi connectivity index (χ1) is 13.6.